The summed E-state index contributed by atoms with van der Waals surface area (Å²) in [4.78, 5) is 14.3. The zero-order valence-corrected chi connectivity index (χ0v) is 14.1. The van der Waals surface area contributed by atoms with Crippen molar-refractivity contribution in [2.75, 3.05) is 32.1 Å². The Morgan fingerprint density at radius 1 is 1.26 bits per heavy atom. The number of anilines is 1. The lowest BCUT2D eigenvalue weighted by molar-refractivity contribution is -0.116. The monoisotopic (exact) mass is 316 g/mol. The maximum atomic E-state index is 12.1. The molecule has 3 rings (SSSR count). The van der Waals surface area contributed by atoms with Crippen LogP contribution < -0.4 is 5.32 Å². The van der Waals surface area contributed by atoms with Crippen LogP contribution in [-0.2, 0) is 22.4 Å². The van der Waals surface area contributed by atoms with Gasteiger partial charge in [-0.2, -0.15) is 0 Å². The largest absolute Gasteiger partial charge is 0.377 e. The normalized spacial score (nSPS) is 20.5. The molecule has 1 aliphatic carbocycles. The number of carbonyl (C=O) groups is 1. The second kappa shape index (κ2) is 7.93. The smallest absolute Gasteiger partial charge is 0.225 e. The van der Waals surface area contributed by atoms with Crippen LogP contribution in [0.5, 0.6) is 0 Å². The van der Waals surface area contributed by atoms with Crippen molar-refractivity contribution in [3.63, 3.8) is 0 Å². The van der Waals surface area contributed by atoms with E-state index in [1.807, 2.05) is 6.07 Å². The van der Waals surface area contributed by atoms with E-state index < -0.39 is 0 Å². The minimum atomic E-state index is 0.0966. The summed E-state index contributed by atoms with van der Waals surface area (Å²) in [5, 5.41) is 3.03. The van der Waals surface area contributed by atoms with Gasteiger partial charge in [0.15, 0.2) is 0 Å². The fourth-order valence-corrected chi connectivity index (χ4v) is 3.56. The first-order valence-corrected chi connectivity index (χ1v) is 8.92. The van der Waals surface area contributed by atoms with Crippen molar-refractivity contribution in [1.29, 1.82) is 0 Å². The predicted octanol–water partition coefficient (Wildman–Crippen LogP) is 3.00. The molecule has 0 radical (unpaired) electrons. The van der Waals surface area contributed by atoms with Crippen molar-refractivity contribution in [3.8, 4) is 0 Å². The van der Waals surface area contributed by atoms with E-state index in [-0.39, 0.29) is 5.91 Å². The Morgan fingerprint density at radius 2 is 2.13 bits per heavy atom. The molecular formula is C19H28N2O2. The number of hydrogen-bond donors (Lipinski definition) is 1. The van der Waals surface area contributed by atoms with Crippen molar-refractivity contribution in [2.24, 2.45) is 0 Å². The summed E-state index contributed by atoms with van der Waals surface area (Å²) in [6.45, 7) is 2.58. The summed E-state index contributed by atoms with van der Waals surface area (Å²) in [7, 11) is 2.07. The summed E-state index contributed by atoms with van der Waals surface area (Å²) in [6, 6.07) is 6.33. The fraction of sp³-hybridized carbons (Fsp3) is 0.632. The highest BCUT2D eigenvalue weighted by molar-refractivity contribution is 5.91. The minimum absolute atomic E-state index is 0.0966. The maximum Gasteiger partial charge on any atom is 0.225 e. The van der Waals surface area contributed by atoms with E-state index in [0.29, 0.717) is 12.5 Å². The van der Waals surface area contributed by atoms with Crippen LogP contribution in [0, 0.1) is 0 Å². The first-order valence-electron chi connectivity index (χ1n) is 8.92. The van der Waals surface area contributed by atoms with Gasteiger partial charge in [-0.1, -0.05) is 6.07 Å². The molecule has 1 saturated heterocycles. The molecule has 0 bridgehead atoms. The molecule has 0 spiro atoms. The second-order valence-corrected chi connectivity index (χ2v) is 6.89. The molecule has 1 fully saturated rings. The lowest BCUT2D eigenvalue weighted by atomic mass is 10.1. The summed E-state index contributed by atoms with van der Waals surface area (Å²) in [5.41, 5.74) is 3.78. The van der Waals surface area contributed by atoms with Gasteiger partial charge in [0.25, 0.3) is 0 Å². The van der Waals surface area contributed by atoms with Crippen molar-refractivity contribution in [1.82, 2.24) is 4.90 Å². The van der Waals surface area contributed by atoms with Crippen molar-refractivity contribution < 1.29 is 9.53 Å². The number of aryl methyl sites for hydroxylation is 2. The Morgan fingerprint density at radius 3 is 2.96 bits per heavy atom. The van der Waals surface area contributed by atoms with Gasteiger partial charge < -0.3 is 15.0 Å². The molecule has 1 heterocycles. The van der Waals surface area contributed by atoms with Crippen LogP contribution in [0.1, 0.15) is 43.2 Å². The van der Waals surface area contributed by atoms with Gasteiger partial charge in [-0.3, -0.25) is 4.79 Å². The molecule has 2 aliphatic rings. The molecule has 4 heteroatoms. The van der Waals surface area contributed by atoms with Gasteiger partial charge in [0.1, 0.15) is 0 Å². The zero-order chi connectivity index (χ0) is 16.1. The Labute approximate surface area is 139 Å². The summed E-state index contributed by atoms with van der Waals surface area (Å²) < 4.78 is 5.75. The SMILES string of the molecule is CN(CCC(=O)Nc1ccc2c(c1)CCC2)CC1CCCCO1. The summed E-state index contributed by atoms with van der Waals surface area (Å²) in [6.07, 6.45) is 8.02. The predicted molar refractivity (Wildman–Crippen MR) is 92.8 cm³/mol. The lowest BCUT2D eigenvalue weighted by Gasteiger charge is -2.27. The molecule has 126 valence electrons. The first kappa shape index (κ1) is 16.5. The van der Waals surface area contributed by atoms with E-state index in [0.717, 1.165) is 38.2 Å². The molecule has 4 nitrogen and oxygen atoms in total. The number of benzene rings is 1. The highest BCUT2D eigenvalue weighted by atomic mass is 16.5. The van der Waals surface area contributed by atoms with Crippen LogP contribution in [0.4, 0.5) is 5.69 Å². The molecule has 1 aliphatic heterocycles. The van der Waals surface area contributed by atoms with E-state index in [2.05, 4.69) is 29.4 Å². The molecule has 1 unspecified atom stereocenters. The van der Waals surface area contributed by atoms with Crippen LogP contribution >= 0.6 is 0 Å². The Kier molecular flexibility index (Phi) is 5.68. The van der Waals surface area contributed by atoms with E-state index in [1.54, 1.807) is 0 Å². The fourth-order valence-electron chi connectivity index (χ4n) is 3.56. The number of amides is 1. The van der Waals surface area contributed by atoms with Gasteiger partial charge in [-0.15, -0.1) is 0 Å². The van der Waals surface area contributed by atoms with Crippen molar-refractivity contribution in [3.05, 3.63) is 29.3 Å². The third-order valence-corrected chi connectivity index (χ3v) is 4.89. The average molecular weight is 316 g/mol. The van der Waals surface area contributed by atoms with E-state index in [1.165, 1.54) is 36.8 Å². The van der Waals surface area contributed by atoms with Crippen molar-refractivity contribution in [2.45, 2.75) is 51.0 Å². The van der Waals surface area contributed by atoms with Crippen LogP contribution in [0.15, 0.2) is 18.2 Å². The number of nitrogens with one attached hydrogen (secondary N) is 1. The molecule has 1 aromatic rings. The summed E-state index contributed by atoms with van der Waals surface area (Å²) >= 11 is 0. The average Bonchev–Trinajstić information content (AvgIpc) is 3.01. The van der Waals surface area contributed by atoms with Crippen LogP contribution in [0.3, 0.4) is 0 Å². The first-order chi connectivity index (χ1) is 11.2. The molecule has 1 aromatic carbocycles. The van der Waals surface area contributed by atoms with Crippen molar-refractivity contribution >= 4 is 11.6 Å². The molecule has 1 atom stereocenters. The third kappa shape index (κ3) is 4.79. The van der Waals surface area contributed by atoms with Crippen LogP contribution in [0.25, 0.3) is 0 Å². The van der Waals surface area contributed by atoms with Gasteiger partial charge >= 0.3 is 0 Å². The number of ether oxygens (including phenoxy) is 1. The molecule has 1 amide bonds. The quantitative estimate of drug-likeness (QED) is 0.877. The maximum absolute atomic E-state index is 12.1. The standard InChI is InChI=1S/C19H28N2O2/c1-21(14-18-7-2-3-12-23-18)11-10-19(22)20-17-9-8-15-5-4-6-16(15)13-17/h8-9,13,18H,2-7,10-12,14H2,1H3,(H,20,22). The molecule has 1 N–H and O–H groups in total. The van der Waals surface area contributed by atoms with Gasteiger partial charge in [0.05, 0.1) is 6.10 Å². The van der Waals surface area contributed by atoms with E-state index in [4.69, 9.17) is 4.74 Å². The second-order valence-electron chi connectivity index (χ2n) is 6.89. The number of rotatable bonds is 6. The molecule has 23 heavy (non-hydrogen) atoms. The topological polar surface area (TPSA) is 41.6 Å². The number of nitrogens with zero attached hydrogens (tertiary/aromatic N) is 1. The van der Waals surface area contributed by atoms with Gasteiger partial charge in [0, 0.05) is 31.8 Å². The van der Waals surface area contributed by atoms with E-state index >= 15 is 0 Å². The van der Waals surface area contributed by atoms with Gasteiger partial charge in [-0.25, -0.2) is 0 Å². The molecule has 0 aromatic heterocycles. The minimum Gasteiger partial charge on any atom is -0.377 e. The number of fused-ring (bicyclic) bond motifs is 1. The number of carbonyl (C=O) groups excluding carboxylic acids is 1. The van der Waals surface area contributed by atoms with Gasteiger partial charge in [-0.05, 0) is 68.8 Å². The summed E-state index contributed by atoms with van der Waals surface area (Å²) in [5.74, 6) is 0.0966. The highest BCUT2D eigenvalue weighted by Gasteiger charge is 2.16. The molecule has 0 saturated carbocycles. The van der Waals surface area contributed by atoms with Crippen LogP contribution in [0.2, 0.25) is 0 Å². The zero-order valence-electron chi connectivity index (χ0n) is 14.1. The van der Waals surface area contributed by atoms with E-state index in [9.17, 15) is 4.79 Å². The van der Waals surface area contributed by atoms with Gasteiger partial charge in [0.2, 0.25) is 5.91 Å². The Balaban J connectivity index is 1.40. The Hall–Kier alpha value is -1.39. The number of likely N-dealkylation sites (N-methyl/N-ethyl adjacent to an activating group) is 1. The third-order valence-electron chi connectivity index (χ3n) is 4.89. The number of hydrogen-bond acceptors (Lipinski definition) is 3. The lowest BCUT2D eigenvalue weighted by Crippen LogP contribution is -2.35. The highest BCUT2D eigenvalue weighted by Crippen LogP contribution is 2.24. The Bertz CT molecular complexity index is 538. The molecular weight excluding hydrogens is 288 g/mol. The van der Waals surface area contributed by atoms with Crippen LogP contribution in [-0.4, -0.2) is 43.7 Å².